The predicted octanol–water partition coefficient (Wildman–Crippen LogP) is 3.48. The van der Waals surface area contributed by atoms with Gasteiger partial charge in [-0.15, -0.1) is 0 Å². The monoisotopic (exact) mass is 380 g/mol. The number of nitrogens with zero attached hydrogens (tertiary/aromatic N) is 2. The van der Waals surface area contributed by atoms with Crippen molar-refractivity contribution < 1.29 is 24.0 Å². The van der Waals surface area contributed by atoms with E-state index < -0.39 is 22.5 Å². The maximum atomic E-state index is 12.1. The van der Waals surface area contributed by atoms with Gasteiger partial charge in [-0.25, -0.2) is 9.79 Å². The van der Waals surface area contributed by atoms with Crippen molar-refractivity contribution >= 4 is 29.6 Å². The summed E-state index contributed by atoms with van der Waals surface area (Å²) in [4.78, 5) is 38.0. The normalized spacial score (nSPS) is 14.6. The summed E-state index contributed by atoms with van der Waals surface area (Å²) in [6, 6.07) is 9.54. The van der Waals surface area contributed by atoms with Crippen LogP contribution in [0.5, 0.6) is 5.75 Å². The molecule has 1 aliphatic heterocycles. The lowest BCUT2D eigenvalue weighted by Gasteiger charge is -2.03. The van der Waals surface area contributed by atoms with Gasteiger partial charge in [-0.05, 0) is 54.8 Å². The summed E-state index contributed by atoms with van der Waals surface area (Å²) in [5.41, 5.74) is 2.77. The Hall–Kier alpha value is -3.81. The van der Waals surface area contributed by atoms with Gasteiger partial charge in [0.1, 0.15) is 0 Å². The fraction of sp³-hybridized carbons (Fsp3) is 0.150. The van der Waals surface area contributed by atoms with E-state index in [1.165, 1.54) is 24.3 Å². The van der Waals surface area contributed by atoms with Crippen molar-refractivity contribution in [2.45, 2.75) is 20.8 Å². The van der Waals surface area contributed by atoms with E-state index in [1.807, 2.05) is 26.0 Å². The lowest BCUT2D eigenvalue weighted by molar-refractivity contribution is -0.385. The van der Waals surface area contributed by atoms with Crippen LogP contribution in [0.1, 0.15) is 29.2 Å². The van der Waals surface area contributed by atoms with E-state index >= 15 is 0 Å². The lowest BCUT2D eigenvalue weighted by Crippen LogP contribution is -2.06. The Kier molecular flexibility index (Phi) is 5.04. The fourth-order valence-electron chi connectivity index (χ4n) is 2.57. The third-order valence-electron chi connectivity index (χ3n) is 4.11. The molecule has 142 valence electrons. The van der Waals surface area contributed by atoms with Crippen LogP contribution in [0, 0.1) is 24.0 Å². The number of rotatable bonds is 4. The minimum atomic E-state index is -0.670. The van der Waals surface area contributed by atoms with Crippen molar-refractivity contribution in [3.8, 4) is 5.75 Å². The molecule has 8 nitrogen and oxygen atoms in total. The van der Waals surface area contributed by atoms with E-state index in [4.69, 9.17) is 9.47 Å². The first kappa shape index (κ1) is 19.0. The first-order chi connectivity index (χ1) is 13.2. The number of aryl methyl sites for hydroxylation is 2. The van der Waals surface area contributed by atoms with Crippen LogP contribution in [0.4, 0.5) is 5.69 Å². The molecule has 0 unspecified atom stereocenters. The van der Waals surface area contributed by atoms with Crippen molar-refractivity contribution in [1.82, 2.24) is 0 Å². The second-order valence-electron chi connectivity index (χ2n) is 6.21. The topological polar surface area (TPSA) is 108 Å². The summed E-state index contributed by atoms with van der Waals surface area (Å²) in [5, 5.41) is 11.2. The number of ether oxygens (including phenoxy) is 2. The van der Waals surface area contributed by atoms with Crippen molar-refractivity contribution in [1.29, 1.82) is 0 Å². The lowest BCUT2D eigenvalue weighted by atomic mass is 10.1. The molecule has 0 bridgehead atoms. The van der Waals surface area contributed by atoms with Gasteiger partial charge in [-0.1, -0.05) is 12.1 Å². The molecule has 0 atom stereocenters. The fourth-order valence-corrected chi connectivity index (χ4v) is 2.57. The van der Waals surface area contributed by atoms with Crippen molar-refractivity contribution in [2.75, 3.05) is 0 Å². The van der Waals surface area contributed by atoms with Crippen LogP contribution in [0.3, 0.4) is 0 Å². The molecule has 2 aromatic rings. The Balaban J connectivity index is 1.96. The number of hydrogen-bond donors (Lipinski definition) is 0. The Morgan fingerprint density at radius 3 is 2.57 bits per heavy atom. The highest BCUT2D eigenvalue weighted by atomic mass is 16.6. The highest BCUT2D eigenvalue weighted by Gasteiger charge is 2.25. The van der Waals surface area contributed by atoms with Gasteiger partial charge in [-0.2, -0.15) is 0 Å². The molecule has 28 heavy (non-hydrogen) atoms. The number of esters is 2. The second-order valence-corrected chi connectivity index (χ2v) is 6.21. The largest absolute Gasteiger partial charge is 0.419 e. The molecule has 0 saturated carbocycles. The van der Waals surface area contributed by atoms with E-state index in [0.717, 1.165) is 18.1 Å². The molecule has 0 spiro atoms. The first-order valence-electron chi connectivity index (χ1n) is 8.31. The number of carbonyl (C=O) groups excluding carboxylic acids is 2. The quantitative estimate of drug-likeness (QED) is 0.264. The summed E-state index contributed by atoms with van der Waals surface area (Å²) in [5.74, 6) is -1.32. The minimum Gasteiger partial charge on any atom is -0.419 e. The van der Waals surface area contributed by atoms with Crippen molar-refractivity contribution in [3.05, 3.63) is 74.5 Å². The van der Waals surface area contributed by atoms with Crippen LogP contribution in [-0.4, -0.2) is 22.8 Å². The molecule has 0 saturated heterocycles. The number of nitro groups is 1. The maximum Gasteiger partial charge on any atom is 0.363 e. The highest BCUT2D eigenvalue weighted by Crippen LogP contribution is 2.30. The number of carbonyl (C=O) groups is 2. The van der Waals surface area contributed by atoms with Gasteiger partial charge >= 0.3 is 17.6 Å². The van der Waals surface area contributed by atoms with Crippen LogP contribution < -0.4 is 4.74 Å². The van der Waals surface area contributed by atoms with Gasteiger partial charge in [0.15, 0.2) is 5.70 Å². The van der Waals surface area contributed by atoms with Gasteiger partial charge in [0.2, 0.25) is 11.6 Å². The number of hydrogen-bond acceptors (Lipinski definition) is 7. The van der Waals surface area contributed by atoms with Crippen LogP contribution >= 0.6 is 0 Å². The van der Waals surface area contributed by atoms with Gasteiger partial charge < -0.3 is 9.47 Å². The maximum absolute atomic E-state index is 12.1. The average Bonchev–Trinajstić information content (AvgIpc) is 2.98. The number of aliphatic imine (C=N–C) groups is 1. The molecule has 1 aliphatic rings. The Bertz CT molecular complexity index is 1070. The second kappa shape index (κ2) is 7.43. The van der Waals surface area contributed by atoms with E-state index in [9.17, 15) is 19.7 Å². The predicted molar refractivity (Wildman–Crippen MR) is 101 cm³/mol. The highest BCUT2D eigenvalue weighted by molar-refractivity contribution is 6.13. The summed E-state index contributed by atoms with van der Waals surface area (Å²) >= 11 is 0. The number of cyclic esters (lactones) is 1. The summed E-state index contributed by atoms with van der Waals surface area (Å²) in [6.45, 7) is 5.06. The summed E-state index contributed by atoms with van der Waals surface area (Å²) < 4.78 is 10.0. The molecule has 1 heterocycles. The summed E-state index contributed by atoms with van der Waals surface area (Å²) in [6.07, 6.45) is 1.38. The number of nitro benzene ring substituents is 1. The Labute approximate surface area is 160 Å². The molecule has 0 N–H and O–H groups in total. The van der Waals surface area contributed by atoms with Gasteiger partial charge in [-0.3, -0.25) is 14.9 Å². The third-order valence-corrected chi connectivity index (χ3v) is 4.11. The van der Waals surface area contributed by atoms with Crippen LogP contribution in [0.2, 0.25) is 0 Å². The van der Waals surface area contributed by atoms with E-state index in [-0.39, 0.29) is 17.3 Å². The average molecular weight is 380 g/mol. The van der Waals surface area contributed by atoms with Crippen molar-refractivity contribution in [3.63, 3.8) is 0 Å². The smallest absolute Gasteiger partial charge is 0.363 e. The Morgan fingerprint density at radius 1 is 1.18 bits per heavy atom. The zero-order valence-corrected chi connectivity index (χ0v) is 15.4. The third kappa shape index (κ3) is 3.96. The van der Waals surface area contributed by atoms with E-state index in [1.54, 1.807) is 6.07 Å². The molecule has 8 heteroatoms. The van der Waals surface area contributed by atoms with Gasteiger partial charge in [0.05, 0.1) is 4.92 Å². The molecule has 0 fully saturated rings. The Morgan fingerprint density at radius 2 is 1.93 bits per heavy atom. The van der Waals surface area contributed by atoms with E-state index in [2.05, 4.69) is 4.99 Å². The standard InChI is InChI=1S/C20H16N2O6/c1-11-4-6-15(8-12(11)2)19-21-16(20(24)28-19)9-14-5-7-18(27-13(3)23)17(10-14)22(25)26/h4-10H,1-3H3/b16-9-. The number of benzene rings is 2. The van der Waals surface area contributed by atoms with Crippen LogP contribution in [0.25, 0.3) is 6.08 Å². The molecule has 0 amide bonds. The molecular formula is C20H16N2O6. The first-order valence-corrected chi connectivity index (χ1v) is 8.31. The molecular weight excluding hydrogens is 364 g/mol. The summed E-state index contributed by atoms with van der Waals surface area (Å²) in [7, 11) is 0. The molecule has 0 aliphatic carbocycles. The molecule has 3 rings (SSSR count). The van der Waals surface area contributed by atoms with Crippen molar-refractivity contribution in [2.24, 2.45) is 4.99 Å². The van der Waals surface area contributed by atoms with Crippen LogP contribution in [-0.2, 0) is 14.3 Å². The zero-order valence-electron chi connectivity index (χ0n) is 15.4. The molecule has 2 aromatic carbocycles. The zero-order chi connectivity index (χ0) is 20.4. The van der Waals surface area contributed by atoms with E-state index in [0.29, 0.717) is 11.1 Å². The van der Waals surface area contributed by atoms with Gasteiger partial charge in [0.25, 0.3) is 0 Å². The van der Waals surface area contributed by atoms with Gasteiger partial charge in [0, 0.05) is 18.6 Å². The molecule has 0 radical (unpaired) electrons. The van der Waals surface area contributed by atoms with Crippen LogP contribution in [0.15, 0.2) is 47.1 Å². The molecule has 0 aromatic heterocycles. The SMILES string of the molecule is CC(=O)Oc1ccc(/C=C2\N=C(c3ccc(C)c(C)c3)OC2=O)cc1[N+](=O)[O-]. The minimum absolute atomic E-state index is 0.0164.